The number of non-ortho nitro benzene ring substituents is 1. The molecule has 0 bridgehead atoms. The van der Waals surface area contributed by atoms with Gasteiger partial charge in [0.1, 0.15) is 5.76 Å². The maximum atomic E-state index is 12.9. The van der Waals surface area contributed by atoms with Crippen LogP contribution in [0.4, 0.5) is 5.69 Å². The molecule has 0 aliphatic carbocycles. The number of likely N-dealkylation sites (N-methyl/N-ethyl adjacent to an activating group) is 1. The van der Waals surface area contributed by atoms with Crippen molar-refractivity contribution in [3.8, 4) is 0 Å². The summed E-state index contributed by atoms with van der Waals surface area (Å²) in [5, 5.41) is 21.9. The van der Waals surface area contributed by atoms with Gasteiger partial charge in [0.2, 0.25) is 0 Å². The van der Waals surface area contributed by atoms with E-state index in [1.165, 1.54) is 29.2 Å². The summed E-state index contributed by atoms with van der Waals surface area (Å²) in [6.45, 7) is 2.69. The van der Waals surface area contributed by atoms with Crippen LogP contribution in [0.15, 0.2) is 54.1 Å². The Balaban J connectivity index is 2.13. The minimum Gasteiger partial charge on any atom is -0.507 e. The summed E-state index contributed by atoms with van der Waals surface area (Å²) >= 11 is 0. The first-order chi connectivity index (χ1) is 14.2. The van der Waals surface area contributed by atoms with E-state index in [-0.39, 0.29) is 23.6 Å². The molecule has 3 rings (SSSR count). The van der Waals surface area contributed by atoms with Gasteiger partial charge in [-0.2, -0.15) is 0 Å². The fourth-order valence-corrected chi connectivity index (χ4v) is 3.41. The topological polar surface area (TPSA) is 104 Å². The molecule has 8 heteroatoms. The number of aryl methyl sites for hydroxylation is 1. The first-order valence-electron chi connectivity index (χ1n) is 9.45. The standard InChI is InChI=1S/C22H23N3O5/c1-14-4-6-16(7-5-14)20(26)18-19(15-8-10-17(11-9-15)25(29)30)24(13-12-23(2)3)22(28)21(18)27/h4-11,19,26H,12-13H2,1-3H3/b20-18+/t19-/m0/s1. The van der Waals surface area contributed by atoms with E-state index in [1.54, 1.807) is 24.3 Å². The van der Waals surface area contributed by atoms with Gasteiger partial charge in [-0.1, -0.05) is 29.8 Å². The fraction of sp³-hybridized carbons (Fsp3) is 0.273. The van der Waals surface area contributed by atoms with Crippen LogP contribution in [0.5, 0.6) is 0 Å². The van der Waals surface area contributed by atoms with Gasteiger partial charge in [-0.3, -0.25) is 19.7 Å². The van der Waals surface area contributed by atoms with Gasteiger partial charge in [0, 0.05) is 30.8 Å². The quantitative estimate of drug-likeness (QED) is 0.259. The molecule has 1 heterocycles. The third kappa shape index (κ3) is 4.08. The molecule has 0 saturated carbocycles. The molecule has 1 saturated heterocycles. The zero-order valence-electron chi connectivity index (χ0n) is 17.0. The highest BCUT2D eigenvalue weighted by molar-refractivity contribution is 6.46. The summed E-state index contributed by atoms with van der Waals surface area (Å²) in [4.78, 5) is 39.4. The summed E-state index contributed by atoms with van der Waals surface area (Å²) in [5.74, 6) is -1.73. The molecule has 0 spiro atoms. The van der Waals surface area contributed by atoms with Crippen LogP contribution in [0.25, 0.3) is 5.76 Å². The number of nitro benzene ring substituents is 1. The first-order valence-corrected chi connectivity index (χ1v) is 9.45. The Kier molecular flexibility index (Phi) is 5.98. The maximum Gasteiger partial charge on any atom is 0.295 e. The lowest BCUT2D eigenvalue weighted by molar-refractivity contribution is -0.384. The monoisotopic (exact) mass is 409 g/mol. The Morgan fingerprint density at radius 3 is 2.23 bits per heavy atom. The van der Waals surface area contributed by atoms with Crippen LogP contribution < -0.4 is 0 Å². The molecule has 1 atom stereocenters. The summed E-state index contributed by atoms with van der Waals surface area (Å²) < 4.78 is 0. The normalized spacial score (nSPS) is 18.3. The molecule has 2 aromatic carbocycles. The molecule has 156 valence electrons. The number of aliphatic hydroxyl groups excluding tert-OH is 1. The molecule has 1 N–H and O–H groups in total. The van der Waals surface area contributed by atoms with E-state index in [1.807, 2.05) is 25.9 Å². The summed E-state index contributed by atoms with van der Waals surface area (Å²) in [7, 11) is 3.70. The minimum atomic E-state index is -0.827. The molecule has 2 aromatic rings. The second-order valence-corrected chi connectivity index (χ2v) is 7.51. The van der Waals surface area contributed by atoms with Crippen LogP contribution in [0.2, 0.25) is 0 Å². The van der Waals surface area contributed by atoms with Crippen LogP contribution in [0, 0.1) is 17.0 Å². The number of rotatable bonds is 6. The van der Waals surface area contributed by atoms with Gasteiger partial charge in [-0.05, 0) is 38.7 Å². The number of nitro groups is 1. The van der Waals surface area contributed by atoms with Crippen LogP contribution in [0.1, 0.15) is 22.7 Å². The van der Waals surface area contributed by atoms with Gasteiger partial charge < -0.3 is 14.9 Å². The number of benzene rings is 2. The number of Topliss-reactive ketones (excluding diaryl/α,β-unsaturated/α-hetero) is 1. The number of hydrogen-bond donors (Lipinski definition) is 1. The Morgan fingerprint density at radius 1 is 1.10 bits per heavy atom. The number of likely N-dealkylation sites (tertiary alicyclic amines) is 1. The lowest BCUT2D eigenvalue weighted by Crippen LogP contribution is -2.35. The zero-order valence-corrected chi connectivity index (χ0v) is 17.0. The molecule has 0 radical (unpaired) electrons. The lowest BCUT2D eigenvalue weighted by Gasteiger charge is -2.26. The van der Waals surface area contributed by atoms with Crippen molar-refractivity contribution >= 4 is 23.1 Å². The van der Waals surface area contributed by atoms with Gasteiger partial charge in [0.15, 0.2) is 0 Å². The molecule has 1 aliphatic heterocycles. The van der Waals surface area contributed by atoms with E-state index >= 15 is 0 Å². The number of nitrogens with zero attached hydrogens (tertiary/aromatic N) is 3. The van der Waals surface area contributed by atoms with Crippen molar-refractivity contribution in [1.82, 2.24) is 9.80 Å². The average Bonchev–Trinajstić information content (AvgIpc) is 2.97. The molecular weight excluding hydrogens is 386 g/mol. The van der Waals surface area contributed by atoms with E-state index in [4.69, 9.17) is 0 Å². The molecule has 0 unspecified atom stereocenters. The zero-order chi connectivity index (χ0) is 22.0. The Hall–Kier alpha value is -3.52. The minimum absolute atomic E-state index is 0.0172. The van der Waals surface area contributed by atoms with Crippen molar-refractivity contribution in [1.29, 1.82) is 0 Å². The molecule has 30 heavy (non-hydrogen) atoms. The predicted octanol–water partition coefficient (Wildman–Crippen LogP) is 2.89. The first kappa shape index (κ1) is 21.2. The largest absolute Gasteiger partial charge is 0.507 e. The van der Waals surface area contributed by atoms with Gasteiger partial charge in [0.25, 0.3) is 17.4 Å². The predicted molar refractivity (Wildman–Crippen MR) is 112 cm³/mol. The second kappa shape index (κ2) is 8.46. The SMILES string of the molecule is Cc1ccc(/C(O)=C2\C(=O)C(=O)N(CCN(C)C)[C@H]2c2ccc([N+](=O)[O-])cc2)cc1. The maximum absolute atomic E-state index is 12.9. The van der Waals surface area contributed by atoms with E-state index in [9.17, 15) is 24.8 Å². The van der Waals surface area contributed by atoms with Gasteiger partial charge in [-0.25, -0.2) is 0 Å². The molecule has 0 aromatic heterocycles. The van der Waals surface area contributed by atoms with Crippen molar-refractivity contribution in [2.75, 3.05) is 27.2 Å². The number of carbonyl (C=O) groups excluding carboxylic acids is 2. The highest BCUT2D eigenvalue weighted by Crippen LogP contribution is 2.39. The van der Waals surface area contributed by atoms with Crippen molar-refractivity contribution in [3.05, 3.63) is 80.9 Å². The van der Waals surface area contributed by atoms with E-state index in [0.717, 1.165) is 5.56 Å². The van der Waals surface area contributed by atoms with Gasteiger partial charge in [0.05, 0.1) is 16.5 Å². The van der Waals surface area contributed by atoms with Crippen LogP contribution in [-0.4, -0.2) is 58.7 Å². The van der Waals surface area contributed by atoms with E-state index in [2.05, 4.69) is 0 Å². The number of aliphatic hydroxyl groups is 1. The highest BCUT2D eigenvalue weighted by Gasteiger charge is 2.45. The Bertz CT molecular complexity index is 1010. The highest BCUT2D eigenvalue weighted by atomic mass is 16.6. The molecule has 1 fully saturated rings. The van der Waals surface area contributed by atoms with Crippen molar-refractivity contribution < 1.29 is 19.6 Å². The number of amides is 1. The average molecular weight is 409 g/mol. The fourth-order valence-electron chi connectivity index (χ4n) is 3.41. The summed E-state index contributed by atoms with van der Waals surface area (Å²) in [5.41, 5.74) is 1.83. The smallest absolute Gasteiger partial charge is 0.295 e. The molecule has 1 amide bonds. The van der Waals surface area contributed by atoms with Crippen LogP contribution >= 0.6 is 0 Å². The van der Waals surface area contributed by atoms with Gasteiger partial charge in [-0.15, -0.1) is 0 Å². The van der Waals surface area contributed by atoms with Crippen LogP contribution in [-0.2, 0) is 9.59 Å². The van der Waals surface area contributed by atoms with Gasteiger partial charge >= 0.3 is 0 Å². The number of ketones is 1. The molecule has 1 aliphatic rings. The lowest BCUT2D eigenvalue weighted by atomic mass is 9.95. The molecular formula is C22H23N3O5. The van der Waals surface area contributed by atoms with Crippen molar-refractivity contribution in [2.45, 2.75) is 13.0 Å². The van der Waals surface area contributed by atoms with Crippen molar-refractivity contribution in [3.63, 3.8) is 0 Å². The second-order valence-electron chi connectivity index (χ2n) is 7.51. The summed E-state index contributed by atoms with van der Waals surface area (Å²) in [6.07, 6.45) is 0. The Labute approximate surface area is 174 Å². The number of hydrogen-bond acceptors (Lipinski definition) is 6. The molecule has 8 nitrogen and oxygen atoms in total. The third-order valence-electron chi connectivity index (χ3n) is 5.07. The third-order valence-corrected chi connectivity index (χ3v) is 5.07. The Morgan fingerprint density at radius 2 is 1.70 bits per heavy atom. The summed E-state index contributed by atoms with van der Waals surface area (Å²) in [6, 6.07) is 11.8. The number of carbonyl (C=O) groups is 2. The van der Waals surface area contributed by atoms with E-state index < -0.39 is 22.7 Å². The van der Waals surface area contributed by atoms with E-state index in [0.29, 0.717) is 17.7 Å². The van der Waals surface area contributed by atoms with Crippen molar-refractivity contribution in [2.24, 2.45) is 0 Å². The van der Waals surface area contributed by atoms with Crippen LogP contribution in [0.3, 0.4) is 0 Å².